The predicted octanol–water partition coefficient (Wildman–Crippen LogP) is 5.66. The summed E-state index contributed by atoms with van der Waals surface area (Å²) in [5, 5.41) is 0. The van der Waals surface area contributed by atoms with Gasteiger partial charge in [0.25, 0.3) is 0 Å². The standard InChI is InChI=1S/C21H22F2/c1-3-5-6-9-17-10-7-8-11-18(17)12-13-19-20(22)14-16(4-2)15-21(19)23/h7-8,10-11,14-15H,3-6,9H2,1-2H3. The molecular formula is C21H22F2. The highest BCUT2D eigenvalue weighted by Gasteiger charge is 2.08. The zero-order valence-corrected chi connectivity index (χ0v) is 13.8. The van der Waals surface area contributed by atoms with Crippen LogP contribution in [0.4, 0.5) is 8.78 Å². The van der Waals surface area contributed by atoms with Crippen molar-refractivity contribution >= 4 is 0 Å². The molecule has 0 aliphatic carbocycles. The van der Waals surface area contributed by atoms with Gasteiger partial charge in [0.1, 0.15) is 11.6 Å². The van der Waals surface area contributed by atoms with Crippen molar-refractivity contribution < 1.29 is 8.78 Å². The molecule has 2 aromatic rings. The minimum Gasteiger partial charge on any atom is -0.206 e. The van der Waals surface area contributed by atoms with Crippen LogP contribution in [0.25, 0.3) is 0 Å². The number of rotatable bonds is 5. The second-order valence-corrected chi connectivity index (χ2v) is 5.65. The van der Waals surface area contributed by atoms with Crippen LogP contribution in [-0.4, -0.2) is 0 Å². The van der Waals surface area contributed by atoms with Crippen LogP contribution in [-0.2, 0) is 12.8 Å². The van der Waals surface area contributed by atoms with Crippen LogP contribution in [0.2, 0.25) is 0 Å². The maximum Gasteiger partial charge on any atom is 0.142 e. The van der Waals surface area contributed by atoms with Crippen molar-refractivity contribution in [3.05, 3.63) is 70.3 Å². The Morgan fingerprint density at radius 2 is 1.61 bits per heavy atom. The quantitative estimate of drug-likeness (QED) is 0.493. The third kappa shape index (κ3) is 4.66. The number of aryl methyl sites for hydroxylation is 2. The highest BCUT2D eigenvalue weighted by atomic mass is 19.1. The molecule has 0 aliphatic heterocycles. The van der Waals surface area contributed by atoms with Crippen molar-refractivity contribution in [2.75, 3.05) is 0 Å². The Kier molecular flexibility index (Phi) is 6.35. The summed E-state index contributed by atoms with van der Waals surface area (Å²) in [6.45, 7) is 4.03. The summed E-state index contributed by atoms with van der Waals surface area (Å²) in [5.74, 6) is 4.45. The third-order valence-corrected chi connectivity index (χ3v) is 3.90. The molecule has 0 radical (unpaired) electrons. The molecule has 0 amide bonds. The summed E-state index contributed by atoms with van der Waals surface area (Å²) in [6, 6.07) is 10.5. The molecule has 120 valence electrons. The SMILES string of the molecule is CCCCCc1ccccc1C#Cc1c(F)cc(CC)cc1F. The molecule has 0 bridgehead atoms. The molecule has 0 saturated heterocycles. The number of hydrogen-bond acceptors (Lipinski definition) is 0. The van der Waals surface area contributed by atoms with Gasteiger partial charge in [0.05, 0.1) is 5.56 Å². The first-order valence-corrected chi connectivity index (χ1v) is 8.23. The Morgan fingerprint density at radius 3 is 2.26 bits per heavy atom. The predicted molar refractivity (Wildman–Crippen MR) is 91.4 cm³/mol. The Bertz CT molecular complexity index is 697. The van der Waals surface area contributed by atoms with Gasteiger partial charge < -0.3 is 0 Å². The Balaban J connectivity index is 2.29. The van der Waals surface area contributed by atoms with E-state index in [1.54, 1.807) is 0 Å². The largest absolute Gasteiger partial charge is 0.206 e. The topological polar surface area (TPSA) is 0 Å². The fourth-order valence-electron chi connectivity index (χ4n) is 2.50. The second-order valence-electron chi connectivity index (χ2n) is 5.65. The van der Waals surface area contributed by atoms with Gasteiger partial charge in [0, 0.05) is 5.56 Å². The van der Waals surface area contributed by atoms with E-state index < -0.39 is 11.6 Å². The van der Waals surface area contributed by atoms with E-state index in [-0.39, 0.29) is 5.56 Å². The maximum atomic E-state index is 14.0. The van der Waals surface area contributed by atoms with E-state index in [1.807, 2.05) is 31.2 Å². The van der Waals surface area contributed by atoms with Crippen molar-refractivity contribution in [3.63, 3.8) is 0 Å². The van der Waals surface area contributed by atoms with Gasteiger partial charge in [0.15, 0.2) is 0 Å². The lowest BCUT2D eigenvalue weighted by Crippen LogP contribution is -1.95. The lowest BCUT2D eigenvalue weighted by atomic mass is 10.0. The highest BCUT2D eigenvalue weighted by Crippen LogP contribution is 2.16. The van der Waals surface area contributed by atoms with Crippen molar-refractivity contribution in [2.24, 2.45) is 0 Å². The average Bonchev–Trinajstić information content (AvgIpc) is 2.55. The minimum atomic E-state index is -0.585. The minimum absolute atomic E-state index is 0.148. The first-order valence-electron chi connectivity index (χ1n) is 8.23. The highest BCUT2D eigenvalue weighted by molar-refractivity contribution is 5.48. The molecule has 2 aromatic carbocycles. The normalized spacial score (nSPS) is 10.3. The molecule has 0 nitrogen and oxygen atoms in total. The second kappa shape index (κ2) is 8.48. The fourth-order valence-corrected chi connectivity index (χ4v) is 2.50. The molecular weight excluding hydrogens is 290 g/mol. The van der Waals surface area contributed by atoms with E-state index in [0.29, 0.717) is 12.0 Å². The summed E-state index contributed by atoms with van der Waals surface area (Å²) in [4.78, 5) is 0. The monoisotopic (exact) mass is 312 g/mol. The number of benzene rings is 2. The zero-order chi connectivity index (χ0) is 16.7. The van der Waals surface area contributed by atoms with Gasteiger partial charge in [-0.1, -0.05) is 56.7 Å². The van der Waals surface area contributed by atoms with Gasteiger partial charge in [-0.15, -0.1) is 0 Å². The Labute approximate surface area is 137 Å². The summed E-state index contributed by atoms with van der Waals surface area (Å²) in [5.41, 5.74) is 2.48. The molecule has 0 unspecified atom stereocenters. The van der Waals surface area contributed by atoms with Gasteiger partial charge in [-0.25, -0.2) is 8.78 Å². The lowest BCUT2D eigenvalue weighted by Gasteiger charge is -2.04. The van der Waals surface area contributed by atoms with Gasteiger partial charge in [-0.3, -0.25) is 0 Å². The molecule has 0 saturated carbocycles. The Morgan fingerprint density at radius 1 is 0.913 bits per heavy atom. The van der Waals surface area contributed by atoms with E-state index >= 15 is 0 Å². The maximum absolute atomic E-state index is 14.0. The van der Waals surface area contributed by atoms with E-state index in [4.69, 9.17) is 0 Å². The summed E-state index contributed by atoms with van der Waals surface area (Å²) >= 11 is 0. The third-order valence-electron chi connectivity index (χ3n) is 3.90. The van der Waals surface area contributed by atoms with Gasteiger partial charge >= 0.3 is 0 Å². The van der Waals surface area contributed by atoms with Crippen molar-refractivity contribution in [1.29, 1.82) is 0 Å². The van der Waals surface area contributed by atoms with Crippen LogP contribution in [0.1, 0.15) is 55.4 Å². The van der Waals surface area contributed by atoms with Gasteiger partial charge in [0.2, 0.25) is 0 Å². The van der Waals surface area contributed by atoms with Crippen LogP contribution in [0.15, 0.2) is 36.4 Å². The number of unbranched alkanes of at least 4 members (excludes halogenated alkanes) is 2. The zero-order valence-electron chi connectivity index (χ0n) is 13.8. The molecule has 0 atom stereocenters. The summed E-state index contributed by atoms with van der Waals surface area (Å²) in [7, 11) is 0. The molecule has 0 heterocycles. The van der Waals surface area contributed by atoms with E-state index in [0.717, 1.165) is 30.4 Å². The summed E-state index contributed by atoms with van der Waals surface area (Å²) in [6.07, 6.45) is 4.97. The Hall–Kier alpha value is -2.14. The average molecular weight is 312 g/mol. The molecule has 23 heavy (non-hydrogen) atoms. The van der Waals surface area contributed by atoms with Gasteiger partial charge in [-0.2, -0.15) is 0 Å². The van der Waals surface area contributed by atoms with Crippen molar-refractivity contribution in [3.8, 4) is 11.8 Å². The van der Waals surface area contributed by atoms with Crippen LogP contribution in [0.3, 0.4) is 0 Å². The molecule has 2 heteroatoms. The summed E-state index contributed by atoms with van der Waals surface area (Å²) < 4.78 is 28.0. The molecule has 2 rings (SSSR count). The van der Waals surface area contributed by atoms with Crippen LogP contribution >= 0.6 is 0 Å². The molecule has 0 spiro atoms. The fraction of sp³-hybridized carbons (Fsp3) is 0.333. The number of halogens is 2. The van der Waals surface area contributed by atoms with Crippen molar-refractivity contribution in [1.82, 2.24) is 0 Å². The lowest BCUT2D eigenvalue weighted by molar-refractivity contribution is 0.574. The van der Waals surface area contributed by atoms with Crippen LogP contribution in [0, 0.1) is 23.5 Å². The molecule has 0 aromatic heterocycles. The van der Waals surface area contributed by atoms with Gasteiger partial charge in [-0.05, 0) is 48.6 Å². The van der Waals surface area contributed by atoms with Crippen LogP contribution in [0.5, 0.6) is 0 Å². The van der Waals surface area contributed by atoms with Crippen LogP contribution < -0.4 is 0 Å². The van der Waals surface area contributed by atoms with E-state index in [1.165, 1.54) is 18.6 Å². The van der Waals surface area contributed by atoms with Crippen molar-refractivity contribution in [2.45, 2.75) is 46.0 Å². The molecule has 0 aliphatic rings. The smallest absolute Gasteiger partial charge is 0.142 e. The molecule has 0 N–H and O–H groups in total. The van der Waals surface area contributed by atoms with E-state index in [9.17, 15) is 8.78 Å². The first-order chi connectivity index (χ1) is 11.2. The molecule has 0 fully saturated rings. The first kappa shape index (κ1) is 17.2. The number of hydrogen-bond donors (Lipinski definition) is 0. The van der Waals surface area contributed by atoms with E-state index in [2.05, 4.69) is 18.8 Å².